The molecule has 0 radical (unpaired) electrons. The van der Waals surface area contributed by atoms with E-state index in [4.69, 9.17) is 31.5 Å². The fourth-order valence-electron chi connectivity index (χ4n) is 4.47. The number of methoxy groups -OCH3 is 3. The van der Waals surface area contributed by atoms with Crippen LogP contribution in [-0.4, -0.2) is 51.6 Å². The van der Waals surface area contributed by atoms with E-state index in [1.54, 1.807) is 33.5 Å². The van der Waals surface area contributed by atoms with Crippen LogP contribution in [0.3, 0.4) is 0 Å². The van der Waals surface area contributed by atoms with Crippen molar-refractivity contribution in [3.05, 3.63) is 46.5 Å². The third-order valence-electron chi connectivity index (χ3n) is 6.49. The molecule has 0 amide bonds. The quantitative estimate of drug-likeness (QED) is 0.354. The van der Waals surface area contributed by atoms with Crippen LogP contribution in [0.2, 0.25) is 5.02 Å². The van der Waals surface area contributed by atoms with E-state index in [2.05, 4.69) is 17.0 Å². The van der Waals surface area contributed by atoms with E-state index in [9.17, 15) is 4.79 Å². The molecule has 0 atom stereocenters. The van der Waals surface area contributed by atoms with Crippen LogP contribution in [0.25, 0.3) is 0 Å². The lowest BCUT2D eigenvalue weighted by Crippen LogP contribution is -2.34. The molecule has 2 N–H and O–H groups in total. The molecule has 0 aliphatic carbocycles. The number of likely N-dealkylation sites (tertiary alicyclic amines) is 1. The van der Waals surface area contributed by atoms with Crippen LogP contribution in [0.1, 0.15) is 48.0 Å². The van der Waals surface area contributed by atoms with E-state index in [1.165, 1.54) is 5.56 Å². The van der Waals surface area contributed by atoms with E-state index >= 15 is 0 Å². The van der Waals surface area contributed by atoms with E-state index in [0.717, 1.165) is 63.2 Å². The standard InChI is InChI=1S/C26H35ClN2O4/c1-31-24-9-7-19(15-26(24)33-3)5-4-12-29-13-10-18(11-14-29)6-8-23(30)20-16-21(27)22(28)17-25(20)32-2/h7,9,15-18H,4-6,8,10-14,28H2,1-3H3. The summed E-state index contributed by atoms with van der Waals surface area (Å²) in [5.41, 5.74) is 8.02. The van der Waals surface area contributed by atoms with Gasteiger partial charge in [0.2, 0.25) is 0 Å². The molecule has 2 aromatic carbocycles. The molecule has 180 valence electrons. The number of nitrogens with zero attached hydrogens (tertiary/aromatic N) is 1. The molecule has 0 aromatic heterocycles. The zero-order valence-electron chi connectivity index (χ0n) is 19.9. The van der Waals surface area contributed by atoms with E-state index in [-0.39, 0.29) is 5.78 Å². The smallest absolute Gasteiger partial charge is 0.166 e. The van der Waals surface area contributed by atoms with Crippen LogP contribution in [0.5, 0.6) is 17.2 Å². The highest BCUT2D eigenvalue weighted by molar-refractivity contribution is 6.33. The van der Waals surface area contributed by atoms with Gasteiger partial charge in [0, 0.05) is 12.5 Å². The summed E-state index contributed by atoms with van der Waals surface area (Å²) < 4.78 is 16.0. The highest BCUT2D eigenvalue weighted by Gasteiger charge is 2.21. The Morgan fingerprint density at radius 1 is 1.03 bits per heavy atom. The molecule has 7 heteroatoms. The number of aryl methyl sites for hydroxylation is 1. The average molecular weight is 475 g/mol. The number of anilines is 1. The Kier molecular flexibility index (Phi) is 9.27. The van der Waals surface area contributed by atoms with Crippen molar-refractivity contribution in [3.8, 4) is 17.2 Å². The summed E-state index contributed by atoms with van der Waals surface area (Å²) in [7, 11) is 4.86. The average Bonchev–Trinajstić information content (AvgIpc) is 2.84. The Balaban J connectivity index is 1.40. The molecular formula is C26H35ClN2O4. The second kappa shape index (κ2) is 12.1. The number of carbonyl (C=O) groups is 1. The van der Waals surface area contributed by atoms with Crippen molar-refractivity contribution in [1.82, 2.24) is 4.90 Å². The molecule has 0 bridgehead atoms. The van der Waals surface area contributed by atoms with Gasteiger partial charge >= 0.3 is 0 Å². The molecule has 3 rings (SSSR count). The van der Waals surface area contributed by atoms with Crippen molar-refractivity contribution in [2.45, 2.75) is 38.5 Å². The monoisotopic (exact) mass is 474 g/mol. The van der Waals surface area contributed by atoms with Crippen molar-refractivity contribution < 1.29 is 19.0 Å². The van der Waals surface area contributed by atoms with Crippen molar-refractivity contribution in [3.63, 3.8) is 0 Å². The topological polar surface area (TPSA) is 74.0 Å². The van der Waals surface area contributed by atoms with Gasteiger partial charge < -0.3 is 24.8 Å². The highest BCUT2D eigenvalue weighted by atomic mass is 35.5. The first kappa shape index (κ1) is 25.2. The molecule has 6 nitrogen and oxygen atoms in total. The number of nitrogen functional groups attached to an aromatic ring is 1. The van der Waals surface area contributed by atoms with Gasteiger partial charge in [-0.25, -0.2) is 0 Å². The van der Waals surface area contributed by atoms with Crippen molar-refractivity contribution >= 4 is 23.1 Å². The number of ether oxygens (including phenoxy) is 3. The fraction of sp³-hybridized carbons (Fsp3) is 0.500. The van der Waals surface area contributed by atoms with Crippen LogP contribution in [-0.2, 0) is 6.42 Å². The summed E-state index contributed by atoms with van der Waals surface area (Å²) in [5.74, 6) is 2.67. The number of piperidine rings is 1. The van der Waals surface area contributed by atoms with Crippen LogP contribution in [0.15, 0.2) is 30.3 Å². The molecule has 1 aliphatic rings. The fourth-order valence-corrected chi connectivity index (χ4v) is 4.63. The number of carbonyl (C=O) groups excluding carboxylic acids is 1. The molecule has 33 heavy (non-hydrogen) atoms. The molecule has 0 unspecified atom stereocenters. The first-order chi connectivity index (χ1) is 15.9. The van der Waals surface area contributed by atoms with Crippen molar-refractivity contribution in [2.24, 2.45) is 5.92 Å². The van der Waals surface area contributed by atoms with Gasteiger partial charge in [-0.2, -0.15) is 0 Å². The van der Waals surface area contributed by atoms with Gasteiger partial charge in [0.15, 0.2) is 17.3 Å². The second-order valence-electron chi connectivity index (χ2n) is 8.61. The van der Waals surface area contributed by atoms with Crippen LogP contribution in [0, 0.1) is 5.92 Å². The van der Waals surface area contributed by atoms with Gasteiger partial charge in [-0.3, -0.25) is 4.79 Å². The largest absolute Gasteiger partial charge is 0.496 e. The molecule has 1 aliphatic heterocycles. The lowest BCUT2D eigenvalue weighted by Gasteiger charge is -2.32. The van der Waals surface area contributed by atoms with Crippen LogP contribution in [0.4, 0.5) is 5.69 Å². The van der Waals surface area contributed by atoms with Crippen LogP contribution >= 0.6 is 11.6 Å². The molecule has 0 spiro atoms. The molecule has 1 saturated heterocycles. The Morgan fingerprint density at radius 2 is 1.73 bits per heavy atom. The number of hydrogen-bond donors (Lipinski definition) is 1. The van der Waals surface area contributed by atoms with Gasteiger partial charge in [-0.15, -0.1) is 0 Å². The summed E-state index contributed by atoms with van der Waals surface area (Å²) >= 11 is 6.11. The second-order valence-corrected chi connectivity index (χ2v) is 9.02. The molecule has 0 saturated carbocycles. The summed E-state index contributed by atoms with van der Waals surface area (Å²) in [6.07, 6.45) is 5.77. The normalized spacial score (nSPS) is 14.8. The van der Waals surface area contributed by atoms with E-state index in [0.29, 0.717) is 34.4 Å². The summed E-state index contributed by atoms with van der Waals surface area (Å²) in [5, 5.41) is 0.389. The van der Waals surface area contributed by atoms with Crippen LogP contribution < -0.4 is 19.9 Å². The minimum atomic E-state index is 0.0612. The first-order valence-electron chi connectivity index (χ1n) is 11.5. The lowest BCUT2D eigenvalue weighted by molar-refractivity contribution is 0.0959. The molecule has 1 fully saturated rings. The highest BCUT2D eigenvalue weighted by Crippen LogP contribution is 2.31. The van der Waals surface area contributed by atoms with E-state index in [1.807, 2.05) is 6.07 Å². The maximum Gasteiger partial charge on any atom is 0.166 e. The third kappa shape index (κ3) is 6.78. The number of nitrogens with two attached hydrogens (primary N) is 1. The minimum Gasteiger partial charge on any atom is -0.496 e. The first-order valence-corrected chi connectivity index (χ1v) is 11.9. The Labute approximate surface area is 201 Å². The lowest BCUT2D eigenvalue weighted by atomic mass is 9.90. The Bertz CT molecular complexity index is 942. The predicted molar refractivity (Wildman–Crippen MR) is 133 cm³/mol. The zero-order valence-corrected chi connectivity index (χ0v) is 20.6. The van der Waals surface area contributed by atoms with Gasteiger partial charge in [-0.05, 0) is 81.4 Å². The number of ketones is 1. The number of Topliss-reactive ketones (excluding diaryl/α,β-unsaturated/α-hetero) is 1. The van der Waals surface area contributed by atoms with Gasteiger partial charge in [0.05, 0.1) is 37.6 Å². The number of halogens is 1. The summed E-state index contributed by atoms with van der Waals surface area (Å²) in [4.78, 5) is 15.3. The number of rotatable bonds is 11. The summed E-state index contributed by atoms with van der Waals surface area (Å²) in [6.45, 7) is 3.25. The Morgan fingerprint density at radius 3 is 2.39 bits per heavy atom. The zero-order chi connectivity index (χ0) is 23.8. The minimum absolute atomic E-state index is 0.0612. The maximum atomic E-state index is 12.8. The maximum absolute atomic E-state index is 12.8. The Hall–Kier alpha value is -2.44. The summed E-state index contributed by atoms with van der Waals surface area (Å²) in [6, 6.07) is 9.38. The molecular weight excluding hydrogens is 440 g/mol. The van der Waals surface area contributed by atoms with Gasteiger partial charge in [-0.1, -0.05) is 17.7 Å². The number of hydrogen-bond acceptors (Lipinski definition) is 6. The van der Waals surface area contributed by atoms with Crippen molar-refractivity contribution in [2.75, 3.05) is 46.7 Å². The van der Waals surface area contributed by atoms with Gasteiger partial charge in [0.25, 0.3) is 0 Å². The molecule has 1 heterocycles. The predicted octanol–water partition coefficient (Wildman–Crippen LogP) is 5.26. The van der Waals surface area contributed by atoms with Gasteiger partial charge in [0.1, 0.15) is 5.75 Å². The van der Waals surface area contributed by atoms with E-state index < -0.39 is 0 Å². The van der Waals surface area contributed by atoms with Crippen molar-refractivity contribution in [1.29, 1.82) is 0 Å². The number of benzene rings is 2. The molecule has 2 aromatic rings. The SMILES string of the molecule is COc1ccc(CCCN2CCC(CCC(=O)c3cc(Cl)c(N)cc3OC)CC2)cc1OC. The third-order valence-corrected chi connectivity index (χ3v) is 6.82.